The Morgan fingerprint density at radius 3 is 2.84 bits per heavy atom. The van der Waals surface area contributed by atoms with Crippen molar-refractivity contribution in [2.75, 3.05) is 13.1 Å². The first-order valence-corrected chi connectivity index (χ1v) is 9.27. The number of esters is 1. The summed E-state index contributed by atoms with van der Waals surface area (Å²) in [5.41, 5.74) is 7.60. The maximum absolute atomic E-state index is 11.7. The highest BCUT2D eigenvalue weighted by Crippen LogP contribution is 2.49. The maximum Gasteiger partial charge on any atom is 0.308 e. The summed E-state index contributed by atoms with van der Waals surface area (Å²) in [7, 11) is 0. The standard InChI is InChI=1S/C22H25NO2/c1-4-11-23-12-10-16-6-5-7-18-20(16)19(23)13-17-9-8-14(2)22(21(17)18)25-15(3)24/h5-9,19H,4,10-13H2,1-3H3. The van der Waals surface area contributed by atoms with Gasteiger partial charge < -0.3 is 4.74 Å². The van der Waals surface area contributed by atoms with Crippen LogP contribution < -0.4 is 4.74 Å². The van der Waals surface area contributed by atoms with Crippen molar-refractivity contribution in [3.8, 4) is 16.9 Å². The first kappa shape index (κ1) is 16.3. The molecule has 0 radical (unpaired) electrons. The van der Waals surface area contributed by atoms with E-state index in [0.29, 0.717) is 6.04 Å². The molecule has 3 nitrogen and oxygen atoms in total. The zero-order valence-electron chi connectivity index (χ0n) is 15.3. The summed E-state index contributed by atoms with van der Waals surface area (Å²) < 4.78 is 5.65. The van der Waals surface area contributed by atoms with Gasteiger partial charge in [-0.2, -0.15) is 0 Å². The summed E-state index contributed by atoms with van der Waals surface area (Å²) in [5, 5.41) is 0. The van der Waals surface area contributed by atoms with E-state index in [-0.39, 0.29) is 5.97 Å². The molecule has 2 aromatic carbocycles. The highest BCUT2D eigenvalue weighted by molar-refractivity contribution is 5.84. The predicted octanol–water partition coefficient (Wildman–Crippen LogP) is 4.45. The van der Waals surface area contributed by atoms with Gasteiger partial charge in [0.25, 0.3) is 0 Å². The topological polar surface area (TPSA) is 29.5 Å². The number of carbonyl (C=O) groups excluding carboxylic acids is 1. The Hall–Kier alpha value is -2.13. The highest BCUT2D eigenvalue weighted by atomic mass is 16.5. The number of ether oxygens (including phenoxy) is 1. The van der Waals surface area contributed by atoms with Crippen molar-refractivity contribution in [2.24, 2.45) is 0 Å². The van der Waals surface area contributed by atoms with Gasteiger partial charge in [-0.3, -0.25) is 9.69 Å². The summed E-state index contributed by atoms with van der Waals surface area (Å²) in [6, 6.07) is 11.4. The second-order valence-electron chi connectivity index (χ2n) is 7.22. The Bertz CT molecular complexity index is 840. The van der Waals surface area contributed by atoms with Gasteiger partial charge in [0.05, 0.1) is 0 Å². The van der Waals surface area contributed by atoms with Crippen molar-refractivity contribution in [1.29, 1.82) is 0 Å². The fraction of sp³-hybridized carbons (Fsp3) is 0.409. The van der Waals surface area contributed by atoms with Crippen LogP contribution in [0.25, 0.3) is 11.1 Å². The van der Waals surface area contributed by atoms with E-state index in [9.17, 15) is 4.79 Å². The average Bonchev–Trinajstić information content (AvgIpc) is 2.59. The Balaban J connectivity index is 1.93. The number of aryl methyl sites for hydroxylation is 1. The Kier molecular flexibility index (Phi) is 4.12. The molecule has 4 rings (SSSR count). The molecule has 1 unspecified atom stereocenters. The van der Waals surface area contributed by atoms with E-state index >= 15 is 0 Å². The largest absolute Gasteiger partial charge is 0.426 e. The molecule has 1 aliphatic heterocycles. The molecule has 1 heterocycles. The third-order valence-electron chi connectivity index (χ3n) is 5.52. The Labute approximate surface area is 149 Å². The number of hydrogen-bond donors (Lipinski definition) is 0. The zero-order chi connectivity index (χ0) is 17.6. The van der Waals surface area contributed by atoms with Crippen LogP contribution in [0.3, 0.4) is 0 Å². The molecule has 1 aliphatic carbocycles. The fourth-order valence-corrected chi connectivity index (χ4v) is 4.51. The molecule has 0 saturated heterocycles. The summed E-state index contributed by atoms with van der Waals surface area (Å²) >= 11 is 0. The van der Waals surface area contributed by atoms with Crippen LogP contribution in [0.5, 0.6) is 5.75 Å². The van der Waals surface area contributed by atoms with E-state index in [2.05, 4.69) is 42.2 Å². The van der Waals surface area contributed by atoms with Crippen LogP contribution in [0.15, 0.2) is 30.3 Å². The Morgan fingerprint density at radius 1 is 1.24 bits per heavy atom. The van der Waals surface area contributed by atoms with Crippen LogP contribution in [-0.4, -0.2) is 24.0 Å². The minimum absolute atomic E-state index is 0.254. The van der Waals surface area contributed by atoms with Crippen molar-refractivity contribution in [2.45, 2.75) is 46.1 Å². The van der Waals surface area contributed by atoms with Gasteiger partial charge in [-0.1, -0.05) is 37.3 Å². The summed E-state index contributed by atoms with van der Waals surface area (Å²) in [6.45, 7) is 8.01. The van der Waals surface area contributed by atoms with Gasteiger partial charge in [-0.05, 0) is 60.5 Å². The fourth-order valence-electron chi connectivity index (χ4n) is 4.51. The molecule has 3 heteroatoms. The quantitative estimate of drug-likeness (QED) is 0.613. The monoisotopic (exact) mass is 335 g/mol. The van der Waals surface area contributed by atoms with Crippen molar-refractivity contribution < 1.29 is 9.53 Å². The van der Waals surface area contributed by atoms with Crippen LogP contribution in [0.2, 0.25) is 0 Å². The van der Waals surface area contributed by atoms with E-state index < -0.39 is 0 Å². The molecular formula is C22H25NO2. The van der Waals surface area contributed by atoms with Gasteiger partial charge >= 0.3 is 5.97 Å². The lowest BCUT2D eigenvalue weighted by Crippen LogP contribution is -2.38. The van der Waals surface area contributed by atoms with Gasteiger partial charge in [-0.25, -0.2) is 0 Å². The zero-order valence-corrected chi connectivity index (χ0v) is 15.3. The van der Waals surface area contributed by atoms with E-state index in [1.165, 1.54) is 35.6 Å². The van der Waals surface area contributed by atoms with Crippen LogP contribution in [0.4, 0.5) is 0 Å². The number of benzene rings is 2. The van der Waals surface area contributed by atoms with Crippen LogP contribution in [0.1, 0.15) is 48.6 Å². The van der Waals surface area contributed by atoms with Crippen molar-refractivity contribution in [3.05, 3.63) is 52.6 Å². The predicted molar refractivity (Wildman–Crippen MR) is 99.9 cm³/mol. The highest BCUT2D eigenvalue weighted by Gasteiger charge is 2.35. The first-order chi connectivity index (χ1) is 12.1. The molecule has 1 atom stereocenters. The molecule has 130 valence electrons. The van der Waals surface area contributed by atoms with Crippen molar-refractivity contribution >= 4 is 5.97 Å². The second-order valence-corrected chi connectivity index (χ2v) is 7.22. The number of fused-ring (bicyclic) bond motifs is 2. The minimum Gasteiger partial charge on any atom is -0.426 e. The third kappa shape index (κ3) is 2.67. The van der Waals surface area contributed by atoms with E-state index in [0.717, 1.165) is 42.8 Å². The normalized spacial score (nSPS) is 18.4. The second kappa shape index (κ2) is 6.30. The summed E-state index contributed by atoms with van der Waals surface area (Å²) in [4.78, 5) is 14.3. The summed E-state index contributed by atoms with van der Waals surface area (Å²) in [5.74, 6) is 0.487. The number of nitrogens with zero attached hydrogens (tertiary/aromatic N) is 1. The van der Waals surface area contributed by atoms with E-state index in [4.69, 9.17) is 4.74 Å². The molecule has 25 heavy (non-hydrogen) atoms. The molecule has 0 spiro atoms. The first-order valence-electron chi connectivity index (χ1n) is 9.27. The molecule has 0 saturated carbocycles. The van der Waals surface area contributed by atoms with E-state index in [1.54, 1.807) is 0 Å². The lowest BCUT2D eigenvalue weighted by atomic mass is 9.76. The summed E-state index contributed by atoms with van der Waals surface area (Å²) in [6.07, 6.45) is 3.27. The van der Waals surface area contributed by atoms with Gasteiger partial charge in [0.15, 0.2) is 0 Å². The molecule has 2 aromatic rings. The molecule has 0 amide bonds. The molecule has 0 fully saturated rings. The van der Waals surface area contributed by atoms with Crippen LogP contribution >= 0.6 is 0 Å². The number of carbonyl (C=O) groups is 1. The van der Waals surface area contributed by atoms with Crippen molar-refractivity contribution in [3.63, 3.8) is 0 Å². The van der Waals surface area contributed by atoms with Gasteiger partial charge in [-0.15, -0.1) is 0 Å². The average molecular weight is 335 g/mol. The molecule has 0 bridgehead atoms. The van der Waals surface area contributed by atoms with Gasteiger partial charge in [0, 0.05) is 25.1 Å². The maximum atomic E-state index is 11.7. The lowest BCUT2D eigenvalue weighted by Gasteiger charge is -2.42. The number of rotatable bonds is 3. The van der Waals surface area contributed by atoms with Gasteiger partial charge in [0.1, 0.15) is 5.75 Å². The molecule has 0 N–H and O–H groups in total. The SMILES string of the molecule is CCCN1CCc2cccc3c2C1Cc1ccc(C)c(OC(C)=O)c1-3. The molecule has 2 aliphatic rings. The molecular weight excluding hydrogens is 310 g/mol. The third-order valence-corrected chi connectivity index (χ3v) is 5.52. The van der Waals surface area contributed by atoms with Gasteiger partial charge in [0.2, 0.25) is 0 Å². The van der Waals surface area contributed by atoms with Crippen LogP contribution in [-0.2, 0) is 17.6 Å². The Morgan fingerprint density at radius 2 is 2.08 bits per heavy atom. The smallest absolute Gasteiger partial charge is 0.308 e. The minimum atomic E-state index is -0.254. The number of hydrogen-bond acceptors (Lipinski definition) is 3. The molecule has 0 aromatic heterocycles. The lowest BCUT2D eigenvalue weighted by molar-refractivity contribution is -0.131. The van der Waals surface area contributed by atoms with E-state index in [1.807, 2.05) is 6.92 Å². The van der Waals surface area contributed by atoms with Crippen LogP contribution in [0, 0.1) is 6.92 Å². The van der Waals surface area contributed by atoms with Crippen molar-refractivity contribution in [1.82, 2.24) is 4.90 Å².